The zero-order valence-electron chi connectivity index (χ0n) is 19.4. The molecule has 32 heavy (non-hydrogen) atoms. The molecule has 0 spiro atoms. The summed E-state index contributed by atoms with van der Waals surface area (Å²) in [5, 5.41) is 30.2. The van der Waals surface area contributed by atoms with Crippen LogP contribution in [0, 0.1) is 0 Å². The summed E-state index contributed by atoms with van der Waals surface area (Å²) >= 11 is 0. The van der Waals surface area contributed by atoms with Gasteiger partial charge in [0.1, 0.15) is 30.2 Å². The quantitative estimate of drug-likeness (QED) is 0.202. The summed E-state index contributed by atoms with van der Waals surface area (Å²) in [6.07, 6.45) is -5.49. The molecule has 0 saturated carbocycles. The van der Waals surface area contributed by atoms with Crippen LogP contribution in [0.2, 0.25) is 18.1 Å². The lowest BCUT2D eigenvalue weighted by atomic mass is 9.99. The maximum Gasteiger partial charge on any atom is 0.373 e. The minimum absolute atomic E-state index is 0.0534. The van der Waals surface area contributed by atoms with Gasteiger partial charge in [0.25, 0.3) is 0 Å². The Bertz CT molecular complexity index is 803. The number of aliphatic hydroxyl groups excluding tert-OH is 3. The van der Waals surface area contributed by atoms with Crippen LogP contribution in [0.25, 0.3) is 6.08 Å². The van der Waals surface area contributed by atoms with Crippen LogP contribution in [0.15, 0.2) is 30.0 Å². The maximum atomic E-state index is 12.3. The van der Waals surface area contributed by atoms with Gasteiger partial charge in [0, 0.05) is 6.54 Å². The second kappa shape index (κ2) is 10.3. The van der Waals surface area contributed by atoms with Crippen LogP contribution in [0.5, 0.6) is 5.75 Å². The summed E-state index contributed by atoms with van der Waals surface area (Å²) in [7, 11) is -0.802. The second-order valence-corrected chi connectivity index (χ2v) is 14.0. The number of esters is 1. The van der Waals surface area contributed by atoms with Gasteiger partial charge in [-0.05, 0) is 41.9 Å². The van der Waals surface area contributed by atoms with Crippen LogP contribution >= 0.6 is 0 Å². The average Bonchev–Trinajstić information content (AvgIpc) is 2.73. The third kappa shape index (κ3) is 6.09. The van der Waals surface area contributed by atoms with Gasteiger partial charge >= 0.3 is 5.97 Å². The van der Waals surface area contributed by atoms with Crippen molar-refractivity contribution in [1.82, 2.24) is 0 Å². The molecule has 1 aliphatic rings. The molecule has 5 atom stereocenters. The highest BCUT2D eigenvalue weighted by Crippen LogP contribution is 2.37. The molecular formula is C22H35NO8Si. The smallest absolute Gasteiger partial charge is 0.373 e. The number of hydrogen-bond acceptors (Lipinski definition) is 9. The number of hydrogen-bond donors (Lipinski definition) is 4. The van der Waals surface area contributed by atoms with Gasteiger partial charge in [0.05, 0.1) is 7.11 Å². The molecule has 0 amide bonds. The van der Waals surface area contributed by atoms with Crippen molar-refractivity contribution in [1.29, 1.82) is 0 Å². The Morgan fingerprint density at radius 3 is 2.22 bits per heavy atom. The topological polar surface area (TPSA) is 141 Å². The van der Waals surface area contributed by atoms with Gasteiger partial charge in [-0.25, -0.2) is 4.79 Å². The number of carbonyl (C=O) groups excluding carboxylic acids is 1. The number of nitrogens with two attached hydrogens (primary N) is 1. The molecule has 2 rings (SSSR count). The van der Waals surface area contributed by atoms with Crippen molar-refractivity contribution in [3.05, 3.63) is 35.6 Å². The van der Waals surface area contributed by atoms with E-state index in [4.69, 9.17) is 24.4 Å². The monoisotopic (exact) mass is 469 g/mol. The van der Waals surface area contributed by atoms with Crippen molar-refractivity contribution < 1.29 is 38.8 Å². The zero-order valence-corrected chi connectivity index (χ0v) is 20.4. The van der Waals surface area contributed by atoms with Gasteiger partial charge in [-0.15, -0.1) is 0 Å². The van der Waals surface area contributed by atoms with Gasteiger partial charge < -0.3 is 39.7 Å². The molecule has 10 heteroatoms. The summed E-state index contributed by atoms with van der Waals surface area (Å²) in [5.74, 6) is -0.315. The minimum atomic E-state index is -1.99. The Balaban J connectivity index is 2.23. The van der Waals surface area contributed by atoms with Gasteiger partial charge in [-0.2, -0.15) is 0 Å². The van der Waals surface area contributed by atoms with E-state index in [9.17, 15) is 20.1 Å². The minimum Gasteiger partial charge on any atom is -0.544 e. The fourth-order valence-corrected chi connectivity index (χ4v) is 3.84. The zero-order chi connectivity index (χ0) is 24.3. The molecule has 0 aliphatic carbocycles. The fraction of sp³-hybridized carbons (Fsp3) is 0.591. The summed E-state index contributed by atoms with van der Waals surface area (Å²) in [6.45, 7) is 10.7. The first kappa shape index (κ1) is 26.3. The lowest BCUT2D eigenvalue weighted by Gasteiger charge is -2.39. The molecule has 0 bridgehead atoms. The van der Waals surface area contributed by atoms with Gasteiger partial charge in [0.15, 0.2) is 0 Å². The van der Waals surface area contributed by atoms with Crippen molar-refractivity contribution in [2.75, 3.05) is 13.7 Å². The third-order valence-electron chi connectivity index (χ3n) is 5.89. The first-order chi connectivity index (χ1) is 14.8. The van der Waals surface area contributed by atoms with Crippen molar-refractivity contribution in [2.45, 2.75) is 69.6 Å². The number of aliphatic hydroxyl groups is 3. The molecule has 0 aromatic heterocycles. The van der Waals surface area contributed by atoms with Crippen LogP contribution < -0.4 is 10.2 Å². The van der Waals surface area contributed by atoms with Crippen LogP contribution in [0.3, 0.4) is 0 Å². The first-order valence-electron chi connectivity index (χ1n) is 10.5. The van der Waals surface area contributed by atoms with Gasteiger partial charge in [-0.3, -0.25) is 0 Å². The predicted molar refractivity (Wildman–Crippen MR) is 121 cm³/mol. The van der Waals surface area contributed by atoms with E-state index in [1.54, 1.807) is 24.3 Å². The predicted octanol–water partition coefficient (Wildman–Crippen LogP) is 1.37. The van der Waals surface area contributed by atoms with Crippen molar-refractivity contribution in [3.63, 3.8) is 0 Å². The summed E-state index contributed by atoms with van der Waals surface area (Å²) in [5.41, 5.74) is 6.16. The summed E-state index contributed by atoms with van der Waals surface area (Å²) in [6, 6.07) is 7.12. The molecule has 1 saturated heterocycles. The molecule has 9 nitrogen and oxygen atoms in total. The number of ether oxygens (including phenoxy) is 3. The molecule has 1 aromatic rings. The Hall–Kier alpha value is -1.95. The summed E-state index contributed by atoms with van der Waals surface area (Å²) in [4.78, 5) is 12.3. The fourth-order valence-electron chi connectivity index (χ4n) is 2.81. The van der Waals surface area contributed by atoms with E-state index in [1.807, 2.05) is 0 Å². The lowest BCUT2D eigenvalue weighted by molar-refractivity contribution is -0.284. The third-order valence-corrected chi connectivity index (χ3v) is 10.2. The average molecular weight is 470 g/mol. The Kier molecular flexibility index (Phi) is 8.48. The van der Waals surface area contributed by atoms with E-state index in [0.717, 1.165) is 5.75 Å². The normalized spacial score (nSPS) is 27.1. The van der Waals surface area contributed by atoms with E-state index in [-0.39, 0.29) is 17.3 Å². The van der Waals surface area contributed by atoms with Crippen LogP contribution in [0.1, 0.15) is 26.3 Å². The standard InChI is InChI=1S/C22H35NO8Si/c1-22(2,3)32(5,6)31-14-9-7-13(8-10-14)11-15(20(27)28-4)29-21-19(26)18(25)17(24)16(12-23)30-21/h7-11,16-19,21,24-26H,12,23H2,1-6H3/b15-11-/t16-,17+,18+,19-,21-/m1/s1. The molecule has 1 aliphatic heterocycles. The Morgan fingerprint density at radius 2 is 1.72 bits per heavy atom. The van der Waals surface area contributed by atoms with Crippen LogP contribution in [-0.4, -0.2) is 74.0 Å². The molecule has 1 aromatic carbocycles. The highest BCUT2D eigenvalue weighted by Gasteiger charge is 2.45. The maximum absolute atomic E-state index is 12.3. The largest absolute Gasteiger partial charge is 0.544 e. The molecule has 1 heterocycles. The number of carbonyl (C=O) groups is 1. The van der Waals surface area contributed by atoms with E-state index in [0.29, 0.717) is 5.56 Å². The van der Waals surface area contributed by atoms with E-state index >= 15 is 0 Å². The van der Waals surface area contributed by atoms with Gasteiger partial charge in [-0.1, -0.05) is 32.9 Å². The number of rotatable bonds is 7. The number of methoxy groups -OCH3 is 1. The van der Waals surface area contributed by atoms with Crippen molar-refractivity contribution in [2.24, 2.45) is 5.73 Å². The molecular weight excluding hydrogens is 434 g/mol. The summed E-state index contributed by atoms with van der Waals surface area (Å²) < 4.78 is 22.0. The van der Waals surface area contributed by atoms with E-state index < -0.39 is 45.0 Å². The van der Waals surface area contributed by atoms with E-state index in [2.05, 4.69) is 33.9 Å². The molecule has 0 unspecified atom stereocenters. The Morgan fingerprint density at radius 1 is 1.12 bits per heavy atom. The number of benzene rings is 1. The van der Waals surface area contributed by atoms with Gasteiger partial charge in [0.2, 0.25) is 20.4 Å². The van der Waals surface area contributed by atoms with Crippen molar-refractivity contribution in [3.8, 4) is 5.75 Å². The first-order valence-corrected chi connectivity index (χ1v) is 13.4. The molecule has 0 radical (unpaired) electrons. The lowest BCUT2D eigenvalue weighted by Crippen LogP contribution is -2.60. The molecule has 1 fully saturated rings. The Labute approximate surface area is 189 Å². The highest BCUT2D eigenvalue weighted by atomic mass is 28.4. The van der Waals surface area contributed by atoms with E-state index in [1.165, 1.54) is 13.2 Å². The van der Waals surface area contributed by atoms with Crippen LogP contribution in [0.4, 0.5) is 0 Å². The highest BCUT2D eigenvalue weighted by molar-refractivity contribution is 6.74. The molecule has 180 valence electrons. The van der Waals surface area contributed by atoms with Crippen molar-refractivity contribution >= 4 is 20.4 Å². The SMILES string of the molecule is COC(=O)/C(=C/c1ccc(O[Si](C)(C)C(C)(C)C)cc1)O[C@@H]1O[C@H](CN)[C@H](O)[C@H](O)[C@H]1O. The molecule has 5 N–H and O–H groups in total. The van der Waals surface area contributed by atoms with Crippen LogP contribution in [-0.2, 0) is 19.0 Å². The second-order valence-electron chi connectivity index (χ2n) is 9.30.